The van der Waals surface area contributed by atoms with E-state index in [1.165, 1.54) is 12.1 Å². The van der Waals surface area contributed by atoms with Gasteiger partial charge in [0.25, 0.3) is 5.91 Å². The maximum Gasteiger partial charge on any atom is 0.263 e. The summed E-state index contributed by atoms with van der Waals surface area (Å²) in [5.74, 6) is -0.420. The second-order valence-corrected chi connectivity index (χ2v) is 25.6. The average molecular weight is 1110 g/mol. The van der Waals surface area contributed by atoms with Crippen LogP contribution in [0.25, 0.3) is 0 Å². The first-order chi connectivity index (χ1) is 38.0. The number of hydrogen-bond acceptors (Lipinski definition) is 14. The van der Waals surface area contributed by atoms with Crippen LogP contribution in [0.1, 0.15) is 128 Å². The minimum atomic E-state index is -1.11. The van der Waals surface area contributed by atoms with Crippen molar-refractivity contribution in [1.82, 2.24) is 40.2 Å². The normalized spacial score (nSPS) is 19.8. The number of amides is 6. The first-order valence-corrected chi connectivity index (χ1v) is 29.0. The minimum Gasteiger partial charge on any atom is -0.370 e. The molecule has 0 bridgehead atoms. The van der Waals surface area contributed by atoms with Crippen LogP contribution in [0.4, 0.5) is 31.8 Å². The van der Waals surface area contributed by atoms with Crippen molar-refractivity contribution < 1.29 is 37.5 Å². The molecule has 1 unspecified atom stereocenters. The van der Waals surface area contributed by atoms with Gasteiger partial charge in [-0.3, -0.25) is 48.8 Å². The predicted octanol–water partition coefficient (Wildman–Crippen LogP) is 6.62. The van der Waals surface area contributed by atoms with Crippen molar-refractivity contribution in [3.8, 4) is 0 Å². The van der Waals surface area contributed by atoms with Gasteiger partial charge in [-0.25, -0.2) is 18.7 Å². The van der Waals surface area contributed by atoms with Crippen molar-refractivity contribution in [1.29, 1.82) is 0 Å². The van der Waals surface area contributed by atoms with Crippen molar-refractivity contribution >= 4 is 59.5 Å². The third-order valence-corrected chi connectivity index (χ3v) is 17.5. The van der Waals surface area contributed by atoms with E-state index in [2.05, 4.69) is 87.1 Å². The van der Waals surface area contributed by atoms with E-state index < -0.39 is 40.4 Å². The number of aryl methyl sites for hydroxylation is 1. The molecule has 8 rings (SSSR count). The van der Waals surface area contributed by atoms with Gasteiger partial charge in [-0.2, -0.15) is 0 Å². The highest BCUT2D eigenvalue weighted by Crippen LogP contribution is 2.39. The van der Waals surface area contributed by atoms with Crippen LogP contribution in [0.15, 0.2) is 42.7 Å². The number of piperazine rings is 2. The molecule has 0 aliphatic carbocycles. The largest absolute Gasteiger partial charge is 0.370 e. The lowest BCUT2D eigenvalue weighted by Gasteiger charge is -2.48. The number of rotatable bonds is 20. The molecule has 6 amide bonds. The van der Waals surface area contributed by atoms with E-state index in [0.29, 0.717) is 119 Å². The number of nitrogens with zero attached hydrogens (tertiary/aromatic N) is 9. The van der Waals surface area contributed by atoms with Gasteiger partial charge < -0.3 is 30.2 Å². The molecule has 5 aliphatic rings. The number of likely N-dealkylation sites (tertiary alicyclic amines) is 2. The van der Waals surface area contributed by atoms with Gasteiger partial charge in [-0.15, -0.1) is 0 Å². The van der Waals surface area contributed by atoms with E-state index in [1.54, 1.807) is 11.2 Å². The van der Waals surface area contributed by atoms with Gasteiger partial charge >= 0.3 is 0 Å². The van der Waals surface area contributed by atoms with E-state index in [9.17, 15) is 28.8 Å². The molecule has 6 heterocycles. The molecular formula is C60H86F2N12O6. The predicted molar refractivity (Wildman–Crippen MR) is 306 cm³/mol. The number of hydrogen-bond donors (Lipinski definition) is 3. The summed E-state index contributed by atoms with van der Waals surface area (Å²) in [5.41, 5.74) is 1.11. The second kappa shape index (κ2) is 25.2. The quantitative estimate of drug-likeness (QED) is 0.103. The molecule has 1 spiro atoms. The Morgan fingerprint density at radius 3 is 2.21 bits per heavy atom. The van der Waals surface area contributed by atoms with E-state index >= 15 is 8.78 Å². The van der Waals surface area contributed by atoms with Gasteiger partial charge in [0, 0.05) is 107 Å². The maximum absolute atomic E-state index is 15.8. The molecule has 1 atom stereocenters. The third-order valence-electron chi connectivity index (χ3n) is 17.5. The first kappa shape index (κ1) is 59.8. The second-order valence-electron chi connectivity index (χ2n) is 25.6. The molecule has 3 aromatic rings. The fraction of sp³-hybridized carbons (Fsp3) is 0.633. The summed E-state index contributed by atoms with van der Waals surface area (Å²) in [6, 6.07) is 9.00. The first-order valence-electron chi connectivity index (χ1n) is 29.0. The summed E-state index contributed by atoms with van der Waals surface area (Å²) in [6.45, 7) is 25.9. The average Bonchev–Trinajstić information content (AvgIpc) is 3.50. The molecule has 3 N–H and O–H groups in total. The van der Waals surface area contributed by atoms with E-state index in [1.807, 2.05) is 43.0 Å². The van der Waals surface area contributed by atoms with Crippen LogP contribution in [0.2, 0.25) is 0 Å². The summed E-state index contributed by atoms with van der Waals surface area (Å²) in [4.78, 5) is 100. The number of benzene rings is 2. The molecule has 5 saturated heterocycles. The standard InChI is InChI=1S/C60H86F2N12O6/c1-9-11-48(54(78)66-40-75)74(41-76)55(79)53-42(2)12-10-13-47(53)70-28-26-69(27-29-70)37-58(5,6)36-59(7,8)56(80)72-20-14-43(15-21-72)33-63-50-32-51(65-39-64-50)71-24-18-60(19-25-71)38-73(35-52(77)67-60)49-31-45(61)44(30-46(49)62)34-68-22-16-57(3,4)17-23-68/h10,12-13,30-32,39-41,43,48H,9,11,14-29,33-38H2,1-8H3,(H,67,77)(H,63,64,65)(H,66,75,78). The number of piperidine rings is 3. The lowest BCUT2D eigenvalue weighted by atomic mass is 9.73. The summed E-state index contributed by atoms with van der Waals surface area (Å²) < 4.78 is 31.4. The molecule has 5 aliphatic heterocycles. The Balaban J connectivity index is 0.776. The number of halogens is 2. The Morgan fingerprint density at radius 2 is 1.55 bits per heavy atom. The van der Waals surface area contributed by atoms with Crippen molar-refractivity contribution in [3.05, 3.63) is 71.1 Å². The lowest BCUT2D eigenvalue weighted by Crippen LogP contribution is -2.66. The fourth-order valence-corrected chi connectivity index (χ4v) is 13.2. The van der Waals surface area contributed by atoms with Crippen molar-refractivity contribution in [2.75, 3.05) is 112 Å². The van der Waals surface area contributed by atoms with E-state index in [-0.39, 0.29) is 47.7 Å². The number of nitrogens with one attached hydrogen (secondary N) is 3. The van der Waals surface area contributed by atoms with Crippen LogP contribution >= 0.6 is 0 Å². The molecule has 1 aromatic heterocycles. The summed E-state index contributed by atoms with van der Waals surface area (Å²) >= 11 is 0. The van der Waals surface area contributed by atoms with Crippen molar-refractivity contribution in [3.63, 3.8) is 0 Å². The Labute approximate surface area is 471 Å². The Kier molecular flexibility index (Phi) is 18.9. The van der Waals surface area contributed by atoms with Crippen LogP contribution in [-0.2, 0) is 30.5 Å². The minimum absolute atomic E-state index is 0.0357. The Hall–Kier alpha value is -6.28. The number of aromatic nitrogens is 2. The molecule has 5 fully saturated rings. The zero-order chi connectivity index (χ0) is 57.6. The molecule has 0 saturated carbocycles. The molecular weight excluding hydrogens is 1020 g/mol. The van der Waals surface area contributed by atoms with Gasteiger partial charge in [-0.1, -0.05) is 67.0 Å². The Morgan fingerprint density at radius 1 is 0.850 bits per heavy atom. The van der Waals surface area contributed by atoms with Crippen LogP contribution < -0.4 is 30.7 Å². The summed E-state index contributed by atoms with van der Waals surface area (Å²) in [5, 5.41) is 8.85. The topological polar surface area (TPSA) is 187 Å². The van der Waals surface area contributed by atoms with Gasteiger partial charge in [0.15, 0.2) is 0 Å². The highest BCUT2D eigenvalue weighted by molar-refractivity contribution is 6.08. The molecule has 436 valence electrons. The molecule has 18 nitrogen and oxygen atoms in total. The van der Waals surface area contributed by atoms with E-state index in [4.69, 9.17) is 0 Å². The van der Waals surface area contributed by atoms with E-state index in [0.717, 1.165) is 74.9 Å². The number of imide groups is 2. The van der Waals surface area contributed by atoms with Gasteiger partial charge in [0.1, 0.15) is 35.6 Å². The van der Waals surface area contributed by atoms with Gasteiger partial charge in [0.2, 0.25) is 30.5 Å². The molecule has 2 aromatic carbocycles. The highest BCUT2D eigenvalue weighted by Gasteiger charge is 2.43. The number of anilines is 4. The number of carbonyl (C=O) groups excluding carboxylic acids is 6. The smallest absolute Gasteiger partial charge is 0.263 e. The monoisotopic (exact) mass is 1110 g/mol. The maximum atomic E-state index is 15.8. The third kappa shape index (κ3) is 14.4. The number of carbonyl (C=O) groups is 6. The van der Waals surface area contributed by atoms with Crippen LogP contribution in [0.5, 0.6) is 0 Å². The van der Waals surface area contributed by atoms with Crippen LogP contribution in [0.3, 0.4) is 0 Å². The summed E-state index contributed by atoms with van der Waals surface area (Å²) in [6.07, 6.45) is 8.64. The molecule has 0 radical (unpaired) electrons. The molecule has 20 heteroatoms. The van der Waals surface area contributed by atoms with Crippen LogP contribution in [-0.4, -0.2) is 169 Å². The summed E-state index contributed by atoms with van der Waals surface area (Å²) in [7, 11) is 0. The molecule has 80 heavy (non-hydrogen) atoms. The van der Waals surface area contributed by atoms with Crippen LogP contribution in [0, 0.1) is 40.7 Å². The zero-order valence-corrected chi connectivity index (χ0v) is 48.6. The lowest BCUT2D eigenvalue weighted by molar-refractivity contribution is -0.143. The fourth-order valence-electron chi connectivity index (χ4n) is 13.2. The Bertz CT molecular complexity index is 2710. The highest BCUT2D eigenvalue weighted by atomic mass is 19.1. The van der Waals surface area contributed by atoms with Gasteiger partial charge in [-0.05, 0) is 106 Å². The van der Waals surface area contributed by atoms with Crippen molar-refractivity contribution in [2.45, 2.75) is 131 Å². The SMILES string of the molecule is CCCC(C(=O)NC=O)N(C=O)C(=O)c1c(C)cccc1N1CCN(CC(C)(C)CC(C)(C)C(=O)N2CCC(CNc3cc(N4CCC5(CC4)CN(c4cc(F)c(CN6CCC(C)(C)CC6)cc4F)CC(=O)N5)ncn3)CC2)CC1. The van der Waals surface area contributed by atoms with Gasteiger partial charge in [0.05, 0.1) is 23.3 Å². The zero-order valence-electron chi connectivity index (χ0n) is 48.6. The van der Waals surface area contributed by atoms with Crippen molar-refractivity contribution in [2.24, 2.45) is 22.2 Å².